The molecule has 0 N–H and O–H groups in total. The van der Waals surface area contributed by atoms with Crippen molar-refractivity contribution in [1.29, 1.82) is 0 Å². The minimum atomic E-state index is -0.225. The van der Waals surface area contributed by atoms with Crippen molar-refractivity contribution >= 4 is 17.5 Å². The molecule has 0 bridgehead atoms. The molecule has 0 radical (unpaired) electrons. The molecular weight excluding hydrogens is 477 g/mol. The molecule has 3 atom stereocenters. The lowest BCUT2D eigenvalue weighted by molar-refractivity contribution is -0.139. The van der Waals surface area contributed by atoms with Crippen LogP contribution in [-0.2, 0) is 17.9 Å². The second kappa shape index (κ2) is 13.4. The van der Waals surface area contributed by atoms with E-state index >= 15 is 0 Å². The Hall–Kier alpha value is -2.15. The van der Waals surface area contributed by atoms with Gasteiger partial charge in [0.2, 0.25) is 0 Å². The highest BCUT2D eigenvalue weighted by Crippen LogP contribution is 2.26. The van der Waals surface area contributed by atoms with E-state index in [1.165, 1.54) is 12.1 Å². The van der Waals surface area contributed by atoms with E-state index in [0.717, 1.165) is 50.1 Å². The molecule has 5 nitrogen and oxygen atoms in total. The minimum Gasteiger partial charge on any atom is -0.483 e. The molecule has 1 aliphatic heterocycles. The van der Waals surface area contributed by atoms with E-state index in [4.69, 9.17) is 16.3 Å². The molecule has 1 saturated heterocycles. The normalized spacial score (nSPS) is 19.5. The van der Waals surface area contributed by atoms with Gasteiger partial charge in [0.15, 0.2) is 6.61 Å². The maximum Gasteiger partial charge on any atom is 0.260 e. The van der Waals surface area contributed by atoms with E-state index in [1.807, 2.05) is 35.2 Å². The average Bonchev–Trinajstić information content (AvgIpc) is 2.85. The van der Waals surface area contributed by atoms with Crippen LogP contribution in [0.15, 0.2) is 42.5 Å². The van der Waals surface area contributed by atoms with E-state index in [0.29, 0.717) is 23.4 Å². The molecule has 0 aliphatic carbocycles. The molecule has 2 aromatic carbocycles. The maximum absolute atomic E-state index is 13.3. The number of ether oxygens (including phenoxy) is 1. The molecule has 1 fully saturated rings. The number of nitrogens with zero attached hydrogens (tertiary/aromatic N) is 3. The highest BCUT2D eigenvalue weighted by Gasteiger charge is 2.32. The van der Waals surface area contributed by atoms with Crippen molar-refractivity contribution in [3.05, 3.63) is 64.4 Å². The molecule has 0 spiro atoms. The molecule has 1 amide bonds. The maximum atomic E-state index is 13.3. The van der Waals surface area contributed by atoms with Crippen LogP contribution >= 0.6 is 11.6 Å². The summed E-state index contributed by atoms with van der Waals surface area (Å²) in [6, 6.07) is 13.0. The van der Waals surface area contributed by atoms with Gasteiger partial charge in [-0.1, -0.05) is 44.0 Å². The van der Waals surface area contributed by atoms with E-state index in [1.54, 1.807) is 0 Å². The molecule has 1 heterocycles. The molecule has 0 saturated carbocycles. The van der Waals surface area contributed by atoms with Gasteiger partial charge in [0, 0.05) is 54.9 Å². The summed E-state index contributed by atoms with van der Waals surface area (Å²) in [6.07, 6.45) is 2.27. The molecular formula is C29H41ClFN3O2. The minimum absolute atomic E-state index is 0.000291. The van der Waals surface area contributed by atoms with Gasteiger partial charge in [-0.15, -0.1) is 0 Å². The second-order valence-corrected chi connectivity index (χ2v) is 10.5. The Morgan fingerprint density at radius 3 is 2.53 bits per heavy atom. The highest BCUT2D eigenvalue weighted by atomic mass is 35.5. The number of hydrogen-bond acceptors (Lipinski definition) is 4. The van der Waals surface area contributed by atoms with Gasteiger partial charge in [-0.3, -0.25) is 14.6 Å². The molecule has 1 aliphatic rings. The SMILES string of the molecule is CCCC(C)N(CC)Cc1cc(Cl)ccc1OCC(=O)N1C[C@H](C)N(Cc2ccc(F)cc2)C[C@H]1C. The van der Waals surface area contributed by atoms with Gasteiger partial charge in [0.1, 0.15) is 11.6 Å². The largest absolute Gasteiger partial charge is 0.483 e. The molecule has 3 rings (SSSR count). The van der Waals surface area contributed by atoms with Crippen molar-refractivity contribution in [2.24, 2.45) is 0 Å². The summed E-state index contributed by atoms with van der Waals surface area (Å²) in [7, 11) is 0. The zero-order valence-corrected chi connectivity index (χ0v) is 23.1. The van der Waals surface area contributed by atoms with Crippen LogP contribution in [0.25, 0.3) is 0 Å². The number of amides is 1. The third kappa shape index (κ3) is 7.67. The van der Waals surface area contributed by atoms with Crippen LogP contribution in [0.5, 0.6) is 5.75 Å². The molecule has 1 unspecified atom stereocenters. The summed E-state index contributed by atoms with van der Waals surface area (Å²) in [4.78, 5) is 19.9. The molecule has 36 heavy (non-hydrogen) atoms. The Labute approximate surface area is 221 Å². The summed E-state index contributed by atoms with van der Waals surface area (Å²) in [5.41, 5.74) is 2.08. The third-order valence-electron chi connectivity index (χ3n) is 7.22. The first kappa shape index (κ1) is 28.4. The van der Waals surface area contributed by atoms with E-state index in [-0.39, 0.29) is 30.4 Å². The standard InChI is InChI=1S/C29H41ClFN3O2/c1-6-8-21(3)32(7-2)19-25-15-26(30)11-14-28(25)36-20-29(35)34-17-22(4)33(16-23(34)5)18-24-9-12-27(31)13-10-24/h9-15,21-23H,6-8,16-20H2,1-5H3/t21?,22-,23+/m0/s1. The number of hydrogen-bond donors (Lipinski definition) is 0. The zero-order valence-electron chi connectivity index (χ0n) is 22.3. The van der Waals surface area contributed by atoms with Crippen LogP contribution in [-0.4, -0.2) is 65.0 Å². The quantitative estimate of drug-likeness (QED) is 0.367. The van der Waals surface area contributed by atoms with Gasteiger partial charge in [-0.05, 0) is 69.6 Å². The predicted molar refractivity (Wildman–Crippen MR) is 145 cm³/mol. The number of carbonyl (C=O) groups excluding carboxylic acids is 1. The number of carbonyl (C=O) groups is 1. The second-order valence-electron chi connectivity index (χ2n) is 10.0. The fourth-order valence-corrected chi connectivity index (χ4v) is 5.22. The van der Waals surface area contributed by atoms with Crippen molar-refractivity contribution in [3.63, 3.8) is 0 Å². The van der Waals surface area contributed by atoms with Gasteiger partial charge in [0.25, 0.3) is 5.91 Å². The number of benzene rings is 2. The van der Waals surface area contributed by atoms with Crippen molar-refractivity contribution in [2.75, 3.05) is 26.2 Å². The number of rotatable bonds is 11. The van der Waals surface area contributed by atoms with Crippen LogP contribution in [0.3, 0.4) is 0 Å². The van der Waals surface area contributed by atoms with Crippen molar-refractivity contribution in [2.45, 2.75) is 78.7 Å². The van der Waals surface area contributed by atoms with Gasteiger partial charge in [0.05, 0.1) is 0 Å². The van der Waals surface area contributed by atoms with Gasteiger partial charge >= 0.3 is 0 Å². The molecule has 7 heteroatoms. The van der Waals surface area contributed by atoms with Crippen LogP contribution in [0.2, 0.25) is 5.02 Å². The van der Waals surface area contributed by atoms with Crippen LogP contribution in [0, 0.1) is 5.82 Å². The fourth-order valence-electron chi connectivity index (χ4n) is 5.02. The molecule has 2 aromatic rings. The number of halogens is 2. The number of piperazine rings is 1. The van der Waals surface area contributed by atoms with E-state index in [2.05, 4.69) is 44.4 Å². The topological polar surface area (TPSA) is 36.0 Å². The summed E-state index contributed by atoms with van der Waals surface area (Å²) in [6.45, 7) is 14.6. The molecule has 198 valence electrons. The highest BCUT2D eigenvalue weighted by molar-refractivity contribution is 6.30. The van der Waals surface area contributed by atoms with Crippen LogP contribution < -0.4 is 4.74 Å². The summed E-state index contributed by atoms with van der Waals surface area (Å²) in [5, 5.41) is 0.669. The van der Waals surface area contributed by atoms with Gasteiger partial charge in [-0.25, -0.2) is 4.39 Å². The Bertz CT molecular complexity index is 987. The van der Waals surface area contributed by atoms with Crippen molar-refractivity contribution in [3.8, 4) is 5.75 Å². The lowest BCUT2D eigenvalue weighted by Crippen LogP contribution is -2.58. The summed E-state index contributed by atoms with van der Waals surface area (Å²) < 4.78 is 19.3. The first-order valence-electron chi connectivity index (χ1n) is 13.1. The zero-order chi connectivity index (χ0) is 26.2. The first-order valence-corrected chi connectivity index (χ1v) is 13.5. The third-order valence-corrected chi connectivity index (χ3v) is 7.45. The van der Waals surface area contributed by atoms with Crippen molar-refractivity contribution in [1.82, 2.24) is 14.7 Å². The smallest absolute Gasteiger partial charge is 0.260 e. The van der Waals surface area contributed by atoms with Crippen LogP contribution in [0.1, 0.15) is 58.6 Å². The van der Waals surface area contributed by atoms with Gasteiger partial charge in [-0.2, -0.15) is 0 Å². The Balaban J connectivity index is 1.61. The Kier molecular flexibility index (Phi) is 10.6. The monoisotopic (exact) mass is 517 g/mol. The average molecular weight is 518 g/mol. The van der Waals surface area contributed by atoms with E-state index < -0.39 is 0 Å². The Morgan fingerprint density at radius 2 is 1.86 bits per heavy atom. The fraction of sp³-hybridized carbons (Fsp3) is 0.552. The van der Waals surface area contributed by atoms with Gasteiger partial charge < -0.3 is 9.64 Å². The lowest BCUT2D eigenvalue weighted by Gasteiger charge is -2.44. The summed E-state index contributed by atoms with van der Waals surface area (Å²) in [5.74, 6) is 0.478. The van der Waals surface area contributed by atoms with E-state index in [9.17, 15) is 9.18 Å². The summed E-state index contributed by atoms with van der Waals surface area (Å²) >= 11 is 6.31. The molecule has 0 aromatic heterocycles. The Morgan fingerprint density at radius 1 is 1.14 bits per heavy atom. The van der Waals surface area contributed by atoms with Crippen molar-refractivity contribution < 1.29 is 13.9 Å². The first-order chi connectivity index (χ1) is 17.2. The lowest BCUT2D eigenvalue weighted by atomic mass is 10.1. The predicted octanol–water partition coefficient (Wildman–Crippen LogP) is 5.99. The van der Waals surface area contributed by atoms with Crippen LogP contribution in [0.4, 0.5) is 4.39 Å².